The summed E-state index contributed by atoms with van der Waals surface area (Å²) in [5.41, 5.74) is 1.12. The Balaban J connectivity index is 2.05. The molecule has 0 aromatic carbocycles. The standard InChI is InChI=1S/C15H24ClN3O/c1-11(2)17-8-12-7-14(16)15(18-9-12)19-6-4-5-13(10-19)20-3/h7,9,11,13,17H,4-6,8,10H2,1-3H3. The van der Waals surface area contributed by atoms with Crippen LogP contribution in [0.15, 0.2) is 12.3 Å². The van der Waals surface area contributed by atoms with E-state index in [-0.39, 0.29) is 6.10 Å². The zero-order valence-corrected chi connectivity index (χ0v) is 13.3. The number of aromatic nitrogens is 1. The van der Waals surface area contributed by atoms with Gasteiger partial charge in [-0.15, -0.1) is 0 Å². The molecule has 1 atom stereocenters. The molecule has 1 unspecified atom stereocenters. The number of piperidine rings is 1. The second kappa shape index (κ2) is 7.25. The second-order valence-electron chi connectivity index (χ2n) is 5.63. The highest BCUT2D eigenvalue weighted by Crippen LogP contribution is 2.27. The van der Waals surface area contributed by atoms with Gasteiger partial charge in [0.15, 0.2) is 0 Å². The van der Waals surface area contributed by atoms with E-state index in [1.54, 1.807) is 7.11 Å². The third-order valence-electron chi connectivity index (χ3n) is 3.60. The van der Waals surface area contributed by atoms with E-state index >= 15 is 0 Å². The van der Waals surface area contributed by atoms with E-state index in [1.165, 1.54) is 0 Å². The number of anilines is 1. The normalized spacial score (nSPS) is 19.6. The molecule has 2 rings (SSSR count). The zero-order valence-electron chi connectivity index (χ0n) is 12.5. The van der Waals surface area contributed by atoms with E-state index in [1.807, 2.05) is 12.3 Å². The van der Waals surface area contributed by atoms with E-state index in [0.717, 1.165) is 48.9 Å². The van der Waals surface area contributed by atoms with Crippen molar-refractivity contribution in [3.63, 3.8) is 0 Å². The minimum atomic E-state index is 0.281. The molecule has 1 fully saturated rings. The molecule has 2 heterocycles. The van der Waals surface area contributed by atoms with Crippen LogP contribution >= 0.6 is 11.6 Å². The van der Waals surface area contributed by atoms with Crippen LogP contribution in [0.3, 0.4) is 0 Å². The van der Waals surface area contributed by atoms with Crippen LogP contribution in [0.25, 0.3) is 0 Å². The third kappa shape index (κ3) is 4.08. The number of ether oxygens (including phenoxy) is 1. The monoisotopic (exact) mass is 297 g/mol. The first-order valence-corrected chi connectivity index (χ1v) is 7.63. The number of rotatable bonds is 5. The lowest BCUT2D eigenvalue weighted by Crippen LogP contribution is -2.39. The topological polar surface area (TPSA) is 37.4 Å². The van der Waals surface area contributed by atoms with E-state index in [4.69, 9.17) is 16.3 Å². The van der Waals surface area contributed by atoms with Crippen molar-refractivity contribution >= 4 is 17.4 Å². The Hall–Kier alpha value is -0.840. The number of methoxy groups -OCH3 is 1. The Morgan fingerprint density at radius 1 is 1.55 bits per heavy atom. The number of pyridine rings is 1. The Bertz CT molecular complexity index is 439. The SMILES string of the molecule is COC1CCCN(c2ncc(CNC(C)C)cc2Cl)C1. The maximum atomic E-state index is 6.40. The number of hydrogen-bond donors (Lipinski definition) is 1. The van der Waals surface area contributed by atoms with E-state index < -0.39 is 0 Å². The van der Waals surface area contributed by atoms with Crippen LogP contribution in [0.5, 0.6) is 0 Å². The van der Waals surface area contributed by atoms with Crippen molar-refractivity contribution in [1.29, 1.82) is 0 Å². The summed E-state index contributed by atoms with van der Waals surface area (Å²) in [6.45, 7) is 6.92. The summed E-state index contributed by atoms with van der Waals surface area (Å²) in [4.78, 5) is 6.77. The molecule has 0 aliphatic carbocycles. The Kier molecular flexibility index (Phi) is 5.64. The Morgan fingerprint density at radius 2 is 2.35 bits per heavy atom. The highest BCUT2D eigenvalue weighted by atomic mass is 35.5. The molecule has 1 aliphatic heterocycles. The largest absolute Gasteiger partial charge is 0.380 e. The highest BCUT2D eigenvalue weighted by Gasteiger charge is 2.22. The Labute approximate surface area is 126 Å². The molecule has 112 valence electrons. The van der Waals surface area contributed by atoms with Crippen LogP contribution in [0.1, 0.15) is 32.3 Å². The molecule has 20 heavy (non-hydrogen) atoms. The molecular weight excluding hydrogens is 274 g/mol. The fourth-order valence-corrected chi connectivity index (χ4v) is 2.75. The van der Waals surface area contributed by atoms with Crippen LogP contribution in [0.4, 0.5) is 5.82 Å². The predicted molar refractivity (Wildman–Crippen MR) is 83.5 cm³/mol. The first kappa shape index (κ1) is 15.5. The summed E-state index contributed by atoms with van der Waals surface area (Å²) in [5, 5.41) is 4.10. The average Bonchev–Trinajstić information content (AvgIpc) is 2.45. The molecule has 0 saturated carbocycles. The molecule has 1 aromatic heterocycles. The maximum absolute atomic E-state index is 6.40. The molecule has 5 heteroatoms. The van der Waals surface area contributed by atoms with Gasteiger partial charge in [-0.1, -0.05) is 25.4 Å². The minimum Gasteiger partial charge on any atom is -0.380 e. The van der Waals surface area contributed by atoms with Crippen molar-refractivity contribution in [1.82, 2.24) is 10.3 Å². The molecule has 0 radical (unpaired) electrons. The number of nitrogens with zero attached hydrogens (tertiary/aromatic N) is 2. The predicted octanol–water partition coefficient (Wildman–Crippen LogP) is 2.85. The number of halogens is 1. The van der Waals surface area contributed by atoms with E-state index in [2.05, 4.69) is 29.0 Å². The molecule has 0 spiro atoms. The van der Waals surface area contributed by atoms with Gasteiger partial charge in [0.25, 0.3) is 0 Å². The first-order chi connectivity index (χ1) is 9.60. The van der Waals surface area contributed by atoms with Gasteiger partial charge in [0.2, 0.25) is 0 Å². The van der Waals surface area contributed by atoms with Crippen LogP contribution in [-0.2, 0) is 11.3 Å². The van der Waals surface area contributed by atoms with E-state index in [0.29, 0.717) is 6.04 Å². The van der Waals surface area contributed by atoms with Gasteiger partial charge >= 0.3 is 0 Å². The summed E-state index contributed by atoms with van der Waals surface area (Å²) in [6, 6.07) is 2.47. The van der Waals surface area contributed by atoms with Crippen LogP contribution in [0, 0.1) is 0 Å². The summed E-state index contributed by atoms with van der Waals surface area (Å²) in [6.07, 6.45) is 4.42. The average molecular weight is 298 g/mol. The summed E-state index contributed by atoms with van der Waals surface area (Å²) < 4.78 is 5.45. The van der Waals surface area contributed by atoms with E-state index in [9.17, 15) is 0 Å². The number of hydrogen-bond acceptors (Lipinski definition) is 4. The molecule has 0 bridgehead atoms. The molecule has 4 nitrogen and oxygen atoms in total. The summed E-state index contributed by atoms with van der Waals surface area (Å²) in [5.74, 6) is 0.877. The molecule has 1 saturated heterocycles. The summed E-state index contributed by atoms with van der Waals surface area (Å²) in [7, 11) is 1.77. The van der Waals surface area contributed by atoms with Crippen molar-refractivity contribution in [2.45, 2.75) is 45.4 Å². The van der Waals surface area contributed by atoms with Crippen molar-refractivity contribution in [3.05, 3.63) is 22.8 Å². The van der Waals surface area contributed by atoms with Gasteiger partial charge in [-0.2, -0.15) is 0 Å². The highest BCUT2D eigenvalue weighted by molar-refractivity contribution is 6.33. The quantitative estimate of drug-likeness (QED) is 0.907. The van der Waals surface area contributed by atoms with Crippen LogP contribution < -0.4 is 10.2 Å². The van der Waals surface area contributed by atoms with Gasteiger partial charge in [0.05, 0.1) is 11.1 Å². The minimum absolute atomic E-state index is 0.281. The third-order valence-corrected chi connectivity index (χ3v) is 3.88. The van der Waals surface area contributed by atoms with Crippen LogP contribution in [-0.4, -0.2) is 37.3 Å². The maximum Gasteiger partial charge on any atom is 0.147 e. The molecule has 1 aromatic rings. The van der Waals surface area contributed by atoms with Gasteiger partial charge in [0.1, 0.15) is 5.82 Å². The number of nitrogens with one attached hydrogen (secondary N) is 1. The van der Waals surface area contributed by atoms with Gasteiger partial charge in [0, 0.05) is 39.0 Å². The molecule has 1 N–H and O–H groups in total. The van der Waals surface area contributed by atoms with Crippen LogP contribution in [0.2, 0.25) is 5.02 Å². The molecular formula is C15H24ClN3O. The lowest BCUT2D eigenvalue weighted by Gasteiger charge is -2.33. The summed E-state index contributed by atoms with van der Waals surface area (Å²) >= 11 is 6.40. The smallest absolute Gasteiger partial charge is 0.147 e. The lowest BCUT2D eigenvalue weighted by molar-refractivity contribution is 0.0891. The lowest BCUT2D eigenvalue weighted by atomic mass is 10.1. The second-order valence-corrected chi connectivity index (χ2v) is 6.04. The van der Waals surface area contributed by atoms with Crippen molar-refractivity contribution in [2.75, 3.05) is 25.1 Å². The van der Waals surface area contributed by atoms with Crippen molar-refractivity contribution < 1.29 is 4.74 Å². The first-order valence-electron chi connectivity index (χ1n) is 7.25. The Morgan fingerprint density at radius 3 is 3.00 bits per heavy atom. The molecule has 0 amide bonds. The molecule has 1 aliphatic rings. The fourth-order valence-electron chi connectivity index (χ4n) is 2.44. The van der Waals surface area contributed by atoms with Gasteiger partial charge < -0.3 is 15.0 Å². The zero-order chi connectivity index (χ0) is 14.5. The van der Waals surface area contributed by atoms with Crippen molar-refractivity contribution in [3.8, 4) is 0 Å². The fraction of sp³-hybridized carbons (Fsp3) is 0.667. The van der Waals surface area contributed by atoms with Crippen molar-refractivity contribution in [2.24, 2.45) is 0 Å². The van der Waals surface area contributed by atoms with Gasteiger partial charge in [-0.05, 0) is 24.5 Å². The van der Waals surface area contributed by atoms with Gasteiger partial charge in [-0.25, -0.2) is 4.98 Å². The van der Waals surface area contributed by atoms with Gasteiger partial charge in [-0.3, -0.25) is 0 Å².